The minimum Gasteiger partial charge on any atom is -0.340 e. The van der Waals surface area contributed by atoms with Crippen molar-refractivity contribution in [3.63, 3.8) is 0 Å². The van der Waals surface area contributed by atoms with Crippen molar-refractivity contribution in [2.75, 3.05) is 6.54 Å². The van der Waals surface area contributed by atoms with Crippen LogP contribution in [0.25, 0.3) is 0 Å². The van der Waals surface area contributed by atoms with Crippen LogP contribution < -0.4 is 10.6 Å². The first-order chi connectivity index (χ1) is 5.00. The molecule has 1 aliphatic rings. The lowest BCUT2D eigenvalue weighted by atomic mass is 9.91. The first-order valence-electron chi connectivity index (χ1n) is 4.03. The lowest BCUT2D eigenvalue weighted by Crippen LogP contribution is -2.57. The Labute approximate surface area is 67.5 Å². The Hall–Kier alpha value is -0.570. The maximum absolute atomic E-state index is 11.0. The second-order valence-electron chi connectivity index (χ2n) is 4.07. The van der Waals surface area contributed by atoms with Crippen LogP contribution in [0.5, 0.6) is 0 Å². The first kappa shape index (κ1) is 8.53. The summed E-state index contributed by atoms with van der Waals surface area (Å²) in [6, 6.07) is 0. The van der Waals surface area contributed by atoms with E-state index in [9.17, 15) is 4.79 Å². The summed E-state index contributed by atoms with van der Waals surface area (Å²) in [7, 11) is 0. The Morgan fingerprint density at radius 2 is 2.09 bits per heavy atom. The van der Waals surface area contributed by atoms with E-state index >= 15 is 0 Å². The monoisotopic (exact) mass is 156 g/mol. The van der Waals surface area contributed by atoms with Crippen molar-refractivity contribution >= 4 is 5.91 Å². The summed E-state index contributed by atoms with van der Waals surface area (Å²) in [5.41, 5.74) is 0.107. The number of hydrogen-bond acceptors (Lipinski definition) is 2. The topological polar surface area (TPSA) is 41.1 Å². The van der Waals surface area contributed by atoms with Gasteiger partial charge >= 0.3 is 0 Å². The van der Waals surface area contributed by atoms with E-state index in [4.69, 9.17) is 0 Å². The smallest absolute Gasteiger partial charge is 0.222 e. The Morgan fingerprint density at radius 1 is 1.45 bits per heavy atom. The van der Waals surface area contributed by atoms with Gasteiger partial charge in [0.25, 0.3) is 0 Å². The van der Waals surface area contributed by atoms with E-state index in [1.807, 2.05) is 0 Å². The second kappa shape index (κ2) is 2.81. The Morgan fingerprint density at radius 3 is 2.45 bits per heavy atom. The van der Waals surface area contributed by atoms with Crippen LogP contribution in [-0.2, 0) is 4.79 Å². The van der Waals surface area contributed by atoms with Crippen LogP contribution >= 0.6 is 0 Å². The van der Waals surface area contributed by atoms with Crippen molar-refractivity contribution in [1.82, 2.24) is 10.6 Å². The zero-order valence-electron chi connectivity index (χ0n) is 7.40. The summed E-state index contributed by atoms with van der Waals surface area (Å²) in [6.45, 7) is 7.12. The fraction of sp³-hybridized carbons (Fsp3) is 0.875. The molecular weight excluding hydrogens is 140 g/mol. The maximum atomic E-state index is 11.0. The van der Waals surface area contributed by atoms with Gasteiger partial charge in [0.05, 0.1) is 6.17 Å². The first-order valence-corrected chi connectivity index (χ1v) is 4.03. The lowest BCUT2D eigenvalue weighted by Gasteiger charge is -2.35. The van der Waals surface area contributed by atoms with Crippen LogP contribution in [0.1, 0.15) is 27.2 Å². The molecule has 0 unspecified atom stereocenters. The molecule has 0 saturated carbocycles. The SMILES string of the molecule is CC(C)(C)[C@@H]1NCCC(=O)N1. The largest absolute Gasteiger partial charge is 0.340 e. The van der Waals surface area contributed by atoms with E-state index in [1.165, 1.54) is 0 Å². The number of nitrogens with one attached hydrogen (secondary N) is 2. The number of hydrogen-bond donors (Lipinski definition) is 2. The summed E-state index contributed by atoms with van der Waals surface area (Å²) in [5.74, 6) is 0.156. The normalized spacial score (nSPS) is 26.5. The van der Waals surface area contributed by atoms with Gasteiger partial charge in [-0.3, -0.25) is 10.1 Å². The number of carbonyl (C=O) groups excluding carboxylic acids is 1. The van der Waals surface area contributed by atoms with Crippen molar-refractivity contribution in [3.05, 3.63) is 0 Å². The summed E-state index contributed by atoms with van der Waals surface area (Å²) in [6.07, 6.45) is 0.732. The Balaban J connectivity index is 2.53. The summed E-state index contributed by atoms with van der Waals surface area (Å²) >= 11 is 0. The van der Waals surface area contributed by atoms with Gasteiger partial charge in [-0.05, 0) is 5.41 Å². The molecular formula is C8H16N2O. The van der Waals surface area contributed by atoms with Gasteiger partial charge in [-0.2, -0.15) is 0 Å². The minimum absolute atomic E-state index is 0.107. The Bertz CT molecular complexity index is 160. The molecule has 3 heteroatoms. The van der Waals surface area contributed by atoms with Crippen molar-refractivity contribution in [1.29, 1.82) is 0 Å². The molecule has 0 aliphatic carbocycles. The van der Waals surface area contributed by atoms with E-state index in [1.54, 1.807) is 0 Å². The highest BCUT2D eigenvalue weighted by Gasteiger charge is 2.28. The van der Waals surface area contributed by atoms with Crippen LogP contribution in [0.4, 0.5) is 0 Å². The van der Waals surface area contributed by atoms with Crippen LogP contribution in [0.2, 0.25) is 0 Å². The van der Waals surface area contributed by atoms with Gasteiger partial charge in [0.2, 0.25) is 5.91 Å². The molecule has 1 rings (SSSR count). The van der Waals surface area contributed by atoms with E-state index in [0.717, 1.165) is 6.54 Å². The van der Waals surface area contributed by atoms with Crippen LogP contribution in [0, 0.1) is 5.41 Å². The van der Waals surface area contributed by atoms with E-state index in [-0.39, 0.29) is 17.5 Å². The third-order valence-corrected chi connectivity index (χ3v) is 1.87. The molecule has 1 fully saturated rings. The molecule has 1 saturated heterocycles. The second-order valence-corrected chi connectivity index (χ2v) is 4.07. The van der Waals surface area contributed by atoms with E-state index < -0.39 is 0 Å². The molecule has 0 aromatic heterocycles. The van der Waals surface area contributed by atoms with Gasteiger partial charge < -0.3 is 5.32 Å². The molecule has 1 heterocycles. The molecule has 2 N–H and O–H groups in total. The van der Waals surface area contributed by atoms with Crippen LogP contribution in [-0.4, -0.2) is 18.6 Å². The molecule has 1 aliphatic heterocycles. The predicted molar refractivity (Wildman–Crippen MR) is 44.0 cm³/mol. The van der Waals surface area contributed by atoms with Gasteiger partial charge in [-0.15, -0.1) is 0 Å². The lowest BCUT2D eigenvalue weighted by molar-refractivity contribution is -0.124. The van der Waals surface area contributed by atoms with Gasteiger partial charge in [-0.25, -0.2) is 0 Å². The fourth-order valence-electron chi connectivity index (χ4n) is 1.14. The van der Waals surface area contributed by atoms with Crippen molar-refractivity contribution < 1.29 is 4.79 Å². The van der Waals surface area contributed by atoms with Gasteiger partial charge in [-0.1, -0.05) is 20.8 Å². The molecule has 64 valence electrons. The van der Waals surface area contributed by atoms with Crippen molar-refractivity contribution in [2.45, 2.75) is 33.4 Å². The Kier molecular flexibility index (Phi) is 2.18. The molecule has 11 heavy (non-hydrogen) atoms. The molecule has 0 bridgehead atoms. The molecule has 1 amide bonds. The molecule has 0 aromatic carbocycles. The average molecular weight is 156 g/mol. The van der Waals surface area contributed by atoms with E-state index in [0.29, 0.717) is 6.42 Å². The van der Waals surface area contributed by atoms with Gasteiger partial charge in [0.15, 0.2) is 0 Å². The number of rotatable bonds is 0. The number of carbonyl (C=O) groups is 1. The predicted octanol–water partition coefficient (Wildman–Crippen LogP) is 0.468. The molecule has 3 nitrogen and oxygen atoms in total. The van der Waals surface area contributed by atoms with Gasteiger partial charge in [0, 0.05) is 13.0 Å². The quantitative estimate of drug-likeness (QED) is 0.535. The van der Waals surface area contributed by atoms with Crippen LogP contribution in [0.15, 0.2) is 0 Å². The van der Waals surface area contributed by atoms with Crippen LogP contribution in [0.3, 0.4) is 0 Å². The molecule has 0 spiro atoms. The highest BCUT2D eigenvalue weighted by Crippen LogP contribution is 2.18. The average Bonchev–Trinajstić information content (AvgIpc) is 1.86. The third-order valence-electron chi connectivity index (χ3n) is 1.87. The minimum atomic E-state index is 0.107. The zero-order valence-corrected chi connectivity index (χ0v) is 7.40. The van der Waals surface area contributed by atoms with Gasteiger partial charge in [0.1, 0.15) is 0 Å². The standard InChI is InChI=1S/C8H16N2O/c1-8(2,3)7-9-5-4-6(11)10-7/h7,9H,4-5H2,1-3H3,(H,10,11)/t7-/m1/s1. The summed E-state index contributed by atoms with van der Waals surface area (Å²) in [4.78, 5) is 11.0. The number of amides is 1. The molecule has 0 aromatic rings. The molecule has 0 radical (unpaired) electrons. The van der Waals surface area contributed by atoms with Crippen molar-refractivity contribution in [2.24, 2.45) is 5.41 Å². The molecule has 1 atom stereocenters. The summed E-state index contributed by atoms with van der Waals surface area (Å²) < 4.78 is 0. The maximum Gasteiger partial charge on any atom is 0.222 e. The van der Waals surface area contributed by atoms with Crippen molar-refractivity contribution in [3.8, 4) is 0 Å². The summed E-state index contributed by atoms with van der Waals surface area (Å²) in [5, 5.41) is 6.16. The highest BCUT2D eigenvalue weighted by atomic mass is 16.1. The van der Waals surface area contributed by atoms with E-state index in [2.05, 4.69) is 31.4 Å². The third kappa shape index (κ3) is 2.19. The highest BCUT2D eigenvalue weighted by molar-refractivity contribution is 5.77. The zero-order chi connectivity index (χ0) is 8.48. The fourth-order valence-corrected chi connectivity index (χ4v) is 1.14.